The molecule has 0 bridgehead atoms. The number of anilines is 1. The van der Waals surface area contributed by atoms with Gasteiger partial charge in [0.25, 0.3) is 0 Å². The van der Waals surface area contributed by atoms with Gasteiger partial charge in [-0.1, -0.05) is 18.3 Å². The van der Waals surface area contributed by atoms with E-state index < -0.39 is 0 Å². The van der Waals surface area contributed by atoms with Gasteiger partial charge >= 0.3 is 0 Å². The number of nitrogens with zero attached hydrogens (tertiary/aromatic N) is 1. The van der Waals surface area contributed by atoms with E-state index in [0.717, 1.165) is 28.2 Å². The van der Waals surface area contributed by atoms with Crippen LogP contribution in [0.15, 0.2) is 22.7 Å². The van der Waals surface area contributed by atoms with E-state index >= 15 is 0 Å². The number of piperidine rings is 1. The van der Waals surface area contributed by atoms with E-state index in [1.54, 1.807) is 0 Å². The Hall–Kier alpha value is -0.650. The highest BCUT2D eigenvalue weighted by Crippen LogP contribution is 2.26. The minimum absolute atomic E-state index is 0.429. The summed E-state index contributed by atoms with van der Waals surface area (Å²) in [6, 6.07) is 6.01. The summed E-state index contributed by atoms with van der Waals surface area (Å²) < 4.78 is 0.952. The van der Waals surface area contributed by atoms with Crippen LogP contribution in [-0.2, 0) is 0 Å². The van der Waals surface area contributed by atoms with Gasteiger partial charge in [0.15, 0.2) is 0 Å². The molecule has 1 aromatic rings. The molecule has 1 aliphatic heterocycles. The molecule has 5 heteroatoms. The monoisotopic (exact) mass is 341 g/mol. The summed E-state index contributed by atoms with van der Waals surface area (Å²) in [6.07, 6.45) is 2.50. The highest BCUT2D eigenvalue weighted by Gasteiger charge is 2.17. The summed E-state index contributed by atoms with van der Waals surface area (Å²) >= 11 is 8.63. The van der Waals surface area contributed by atoms with Crippen LogP contribution in [0.1, 0.15) is 18.4 Å². The largest absolute Gasteiger partial charge is 0.389 e. The zero-order valence-corrected chi connectivity index (χ0v) is 13.6. The lowest BCUT2D eigenvalue weighted by molar-refractivity contribution is 0.226. The van der Waals surface area contributed by atoms with E-state index in [-0.39, 0.29) is 0 Å². The second-order valence-corrected chi connectivity index (χ2v) is 6.45. The van der Waals surface area contributed by atoms with E-state index in [2.05, 4.69) is 33.2 Å². The summed E-state index contributed by atoms with van der Waals surface area (Å²) in [5.41, 5.74) is 7.73. The van der Waals surface area contributed by atoms with Crippen molar-refractivity contribution in [3.8, 4) is 0 Å². The van der Waals surface area contributed by atoms with Crippen molar-refractivity contribution in [2.24, 2.45) is 11.7 Å². The molecule has 0 aromatic heterocycles. The van der Waals surface area contributed by atoms with Crippen molar-refractivity contribution < 1.29 is 0 Å². The number of benzene rings is 1. The molecule has 19 heavy (non-hydrogen) atoms. The summed E-state index contributed by atoms with van der Waals surface area (Å²) in [6.45, 7) is 3.36. The maximum atomic E-state index is 5.80. The topological polar surface area (TPSA) is 41.3 Å². The quantitative estimate of drug-likeness (QED) is 0.826. The van der Waals surface area contributed by atoms with Gasteiger partial charge in [-0.15, -0.1) is 0 Å². The van der Waals surface area contributed by atoms with Crippen LogP contribution in [0.2, 0.25) is 0 Å². The highest BCUT2D eigenvalue weighted by atomic mass is 79.9. The van der Waals surface area contributed by atoms with Gasteiger partial charge in [-0.25, -0.2) is 0 Å². The Bertz CT molecular complexity index is 456. The predicted octanol–water partition coefficient (Wildman–Crippen LogP) is 2.84. The van der Waals surface area contributed by atoms with Crippen LogP contribution in [0, 0.1) is 5.92 Å². The number of nitrogens with two attached hydrogens (primary N) is 1. The van der Waals surface area contributed by atoms with Gasteiger partial charge in [0.2, 0.25) is 0 Å². The van der Waals surface area contributed by atoms with Gasteiger partial charge in [-0.05, 0) is 67.0 Å². The average Bonchev–Trinajstić information content (AvgIpc) is 2.37. The molecule has 104 valence electrons. The number of rotatable bonds is 4. The van der Waals surface area contributed by atoms with Gasteiger partial charge in [-0.3, -0.25) is 0 Å². The summed E-state index contributed by atoms with van der Waals surface area (Å²) in [4.78, 5) is 2.81. The molecule has 0 amide bonds. The summed E-state index contributed by atoms with van der Waals surface area (Å²) in [5, 5.41) is 3.50. The fraction of sp³-hybridized carbons (Fsp3) is 0.500. The molecule has 1 fully saturated rings. The Kier molecular flexibility index (Phi) is 5.19. The zero-order chi connectivity index (χ0) is 13.8. The van der Waals surface area contributed by atoms with Gasteiger partial charge in [0.05, 0.1) is 0 Å². The van der Waals surface area contributed by atoms with Crippen LogP contribution in [0.5, 0.6) is 0 Å². The SMILES string of the molecule is CN1CCC(CNc2cccc(Br)c2C(N)=S)CC1. The Morgan fingerprint density at radius 3 is 2.79 bits per heavy atom. The molecule has 0 unspecified atom stereocenters. The van der Waals surface area contributed by atoms with Crippen molar-refractivity contribution in [3.63, 3.8) is 0 Å². The van der Waals surface area contributed by atoms with E-state index in [9.17, 15) is 0 Å². The number of halogens is 1. The molecule has 3 nitrogen and oxygen atoms in total. The van der Waals surface area contributed by atoms with E-state index in [1.807, 2.05) is 18.2 Å². The molecule has 0 aliphatic carbocycles. The third-order valence-corrected chi connectivity index (χ3v) is 4.54. The van der Waals surface area contributed by atoms with Crippen LogP contribution in [0.3, 0.4) is 0 Å². The van der Waals surface area contributed by atoms with Gasteiger partial charge in [0, 0.05) is 22.3 Å². The highest BCUT2D eigenvalue weighted by molar-refractivity contribution is 9.10. The van der Waals surface area contributed by atoms with Crippen molar-refractivity contribution in [2.45, 2.75) is 12.8 Å². The van der Waals surface area contributed by atoms with Gasteiger partial charge in [-0.2, -0.15) is 0 Å². The standard InChI is InChI=1S/C14H20BrN3S/c1-18-7-5-10(6-8-18)9-17-12-4-2-3-11(15)13(12)14(16)19/h2-4,10,17H,5-9H2,1H3,(H2,16,19). The van der Waals surface area contributed by atoms with Crippen LogP contribution in [0.4, 0.5) is 5.69 Å². The van der Waals surface area contributed by atoms with Crippen LogP contribution in [-0.4, -0.2) is 36.6 Å². The Morgan fingerprint density at radius 2 is 2.16 bits per heavy atom. The van der Waals surface area contributed by atoms with Crippen molar-refractivity contribution in [1.82, 2.24) is 4.90 Å². The molecule has 1 heterocycles. The normalized spacial score (nSPS) is 17.4. The minimum atomic E-state index is 0.429. The van der Waals surface area contributed by atoms with E-state index in [4.69, 9.17) is 18.0 Å². The van der Waals surface area contributed by atoms with Crippen LogP contribution in [0.25, 0.3) is 0 Å². The smallest absolute Gasteiger partial charge is 0.107 e. The van der Waals surface area contributed by atoms with E-state index in [1.165, 1.54) is 25.9 Å². The van der Waals surface area contributed by atoms with E-state index in [0.29, 0.717) is 4.99 Å². The third-order valence-electron chi connectivity index (χ3n) is 3.68. The van der Waals surface area contributed by atoms with Crippen molar-refractivity contribution in [3.05, 3.63) is 28.2 Å². The molecule has 2 rings (SSSR count). The zero-order valence-electron chi connectivity index (χ0n) is 11.2. The molecular formula is C14H20BrN3S. The number of nitrogens with one attached hydrogen (secondary N) is 1. The first-order valence-electron chi connectivity index (χ1n) is 6.58. The molecule has 1 saturated heterocycles. The summed E-state index contributed by atoms with van der Waals surface area (Å²) in [7, 11) is 2.18. The maximum Gasteiger partial charge on any atom is 0.107 e. The lowest BCUT2D eigenvalue weighted by Gasteiger charge is -2.29. The Labute approximate surface area is 128 Å². The molecule has 0 radical (unpaired) electrons. The van der Waals surface area contributed by atoms with Gasteiger partial charge in [0.1, 0.15) is 4.99 Å². The molecule has 1 aliphatic rings. The number of hydrogen-bond donors (Lipinski definition) is 2. The molecular weight excluding hydrogens is 322 g/mol. The maximum absolute atomic E-state index is 5.80. The number of likely N-dealkylation sites (tertiary alicyclic amines) is 1. The fourth-order valence-corrected chi connectivity index (χ4v) is 3.37. The third kappa shape index (κ3) is 3.91. The first kappa shape index (κ1) is 14.8. The Morgan fingerprint density at radius 1 is 1.47 bits per heavy atom. The molecule has 0 saturated carbocycles. The fourth-order valence-electron chi connectivity index (χ4n) is 2.44. The summed E-state index contributed by atoms with van der Waals surface area (Å²) in [5.74, 6) is 0.731. The number of hydrogen-bond acceptors (Lipinski definition) is 3. The Balaban J connectivity index is 2.00. The minimum Gasteiger partial charge on any atom is -0.389 e. The first-order valence-corrected chi connectivity index (χ1v) is 7.79. The second-order valence-electron chi connectivity index (χ2n) is 5.15. The molecule has 3 N–H and O–H groups in total. The van der Waals surface area contributed by atoms with Crippen molar-refractivity contribution in [1.29, 1.82) is 0 Å². The van der Waals surface area contributed by atoms with Crippen LogP contribution >= 0.6 is 28.1 Å². The van der Waals surface area contributed by atoms with Crippen LogP contribution < -0.4 is 11.1 Å². The molecule has 0 atom stereocenters. The van der Waals surface area contributed by atoms with Crippen molar-refractivity contribution >= 4 is 38.8 Å². The predicted molar refractivity (Wildman–Crippen MR) is 88.7 cm³/mol. The average molecular weight is 342 g/mol. The molecule has 0 spiro atoms. The van der Waals surface area contributed by atoms with Gasteiger partial charge < -0.3 is 16.0 Å². The lowest BCUT2D eigenvalue weighted by atomic mass is 9.97. The molecule has 1 aromatic carbocycles. The van der Waals surface area contributed by atoms with Crippen molar-refractivity contribution in [2.75, 3.05) is 32.0 Å². The number of thiocarbonyl (C=S) groups is 1. The lowest BCUT2D eigenvalue weighted by Crippen LogP contribution is -2.33. The second kappa shape index (κ2) is 6.68. The first-order chi connectivity index (χ1) is 9.08.